The number of aromatic nitrogens is 4. The number of phosphoric ester groups is 2. The second-order valence-corrected chi connectivity index (χ2v) is 18.7. The number of hydrogen-bond acceptors (Lipinski definition) is 20. The van der Waals surface area contributed by atoms with Crippen LogP contribution in [-0.4, -0.2) is 102 Å². The molecule has 28 nitrogen and oxygen atoms in total. The first-order valence-corrected chi connectivity index (χ1v) is 23.1. The first-order valence-electron chi connectivity index (χ1n) is 19.8. The molecule has 8 rings (SSSR count). The van der Waals surface area contributed by atoms with E-state index in [4.69, 9.17) is 59.3 Å². The Labute approximate surface area is 383 Å². The van der Waals surface area contributed by atoms with Crippen molar-refractivity contribution in [2.24, 2.45) is 10.2 Å². The third-order valence-corrected chi connectivity index (χ3v) is 13.7. The maximum absolute atomic E-state index is 13.6. The predicted molar refractivity (Wildman–Crippen MR) is 224 cm³/mol. The summed E-state index contributed by atoms with van der Waals surface area (Å²) in [5.41, 5.74) is 11.1. The smallest absolute Gasteiger partial charge is 0.387 e. The number of benzene rings is 2. The number of rotatable bonds is 12. The molecule has 6 heterocycles. The number of H-pyrrole nitrogens is 2. The summed E-state index contributed by atoms with van der Waals surface area (Å²) in [5, 5.41) is 49.3. The van der Waals surface area contributed by atoms with Crippen molar-refractivity contribution in [1.82, 2.24) is 19.1 Å². The van der Waals surface area contributed by atoms with Gasteiger partial charge in [-0.2, -0.15) is 0 Å². The van der Waals surface area contributed by atoms with E-state index in [1.54, 1.807) is 30.3 Å². The molecule has 12 atom stereocenters. The molecular weight excluding hydrogens is 977 g/mol. The van der Waals surface area contributed by atoms with Crippen LogP contribution in [0.25, 0.3) is 20.9 Å². The molecule has 32 heteroatoms. The highest BCUT2D eigenvalue weighted by atomic mass is 35.5. The Hall–Kier alpha value is -5.38. The highest BCUT2D eigenvalue weighted by molar-refractivity contribution is 7.48. The summed E-state index contributed by atoms with van der Waals surface area (Å²) in [7, 11) is -8.56. The van der Waals surface area contributed by atoms with Crippen LogP contribution in [0.3, 0.4) is 0 Å². The third kappa shape index (κ3) is 10.9. The second kappa shape index (κ2) is 20.7. The van der Waals surface area contributed by atoms with Crippen molar-refractivity contribution in [3.8, 4) is 0 Å². The van der Waals surface area contributed by atoms with Gasteiger partial charge in [0.05, 0.1) is 38.6 Å². The van der Waals surface area contributed by atoms with Gasteiger partial charge in [0.15, 0.2) is 12.5 Å². The summed E-state index contributed by atoms with van der Waals surface area (Å²) in [4.78, 5) is 56.0. The number of nitrogens with one attached hydrogen (secondary N) is 2. The fourth-order valence-electron chi connectivity index (χ4n) is 7.22. The lowest BCUT2D eigenvalue weighted by Gasteiger charge is -2.32. The average Bonchev–Trinajstić information content (AvgIpc) is 3.69. The van der Waals surface area contributed by atoms with Crippen LogP contribution in [0.5, 0.6) is 0 Å². The maximum Gasteiger partial charge on any atom is 0.475 e. The fraction of sp³-hybridized carbons (Fsp3) is 0.444. The molecule has 0 bridgehead atoms. The van der Waals surface area contributed by atoms with Crippen LogP contribution in [0.1, 0.15) is 48.6 Å². The number of ether oxygens (including phenoxy) is 2. The van der Waals surface area contributed by atoms with Crippen LogP contribution in [0.15, 0.2) is 102 Å². The molecule has 4 aliphatic heterocycles. The third-order valence-electron chi connectivity index (χ3n) is 10.6. The van der Waals surface area contributed by atoms with Crippen molar-refractivity contribution in [3.63, 3.8) is 0 Å². The van der Waals surface area contributed by atoms with Crippen molar-refractivity contribution in [2.75, 3.05) is 26.4 Å². The van der Waals surface area contributed by atoms with E-state index in [1.165, 1.54) is 18.2 Å². The lowest BCUT2D eigenvalue weighted by molar-refractivity contribution is -0.127. The van der Waals surface area contributed by atoms with Crippen molar-refractivity contribution in [2.45, 2.75) is 73.4 Å². The van der Waals surface area contributed by atoms with Gasteiger partial charge in [-0.3, -0.25) is 55.8 Å². The van der Waals surface area contributed by atoms with Gasteiger partial charge in [0.1, 0.15) is 30.2 Å². The molecule has 0 aliphatic carbocycles. The zero-order valence-electron chi connectivity index (χ0n) is 34.5. The Morgan fingerprint density at radius 1 is 0.735 bits per heavy atom. The maximum atomic E-state index is 13.6. The van der Waals surface area contributed by atoms with Gasteiger partial charge in [0.25, 0.3) is 11.1 Å². The van der Waals surface area contributed by atoms with E-state index in [-0.39, 0.29) is 19.6 Å². The van der Waals surface area contributed by atoms with Crippen LogP contribution < -0.4 is 22.5 Å². The van der Waals surface area contributed by atoms with Gasteiger partial charge < -0.3 is 29.9 Å². The van der Waals surface area contributed by atoms with Crippen LogP contribution in [0.2, 0.25) is 5.02 Å². The molecule has 364 valence electrons. The number of aromatic amines is 2. The Bertz CT molecular complexity index is 2760. The van der Waals surface area contributed by atoms with Crippen LogP contribution in [0, 0.1) is 5.82 Å². The molecule has 0 saturated carbocycles. The summed E-state index contributed by atoms with van der Waals surface area (Å²) >= 11 is 6.00. The first-order chi connectivity index (χ1) is 32.3. The van der Waals surface area contributed by atoms with E-state index in [0.29, 0.717) is 22.6 Å². The van der Waals surface area contributed by atoms with Crippen molar-refractivity contribution in [3.05, 3.63) is 158 Å². The van der Waals surface area contributed by atoms with E-state index in [2.05, 4.69) is 20.1 Å². The molecule has 4 aliphatic rings. The van der Waals surface area contributed by atoms with Crippen molar-refractivity contribution >= 4 is 27.2 Å². The predicted octanol–water partition coefficient (Wildman–Crippen LogP) is 2.99. The van der Waals surface area contributed by atoms with E-state index in [0.717, 1.165) is 33.7 Å². The van der Waals surface area contributed by atoms with E-state index < -0.39 is 118 Å². The Balaban J connectivity index is 0.000000201. The highest BCUT2D eigenvalue weighted by Crippen LogP contribution is 2.59. The number of azide groups is 2. The molecule has 4 saturated heterocycles. The monoisotopic (exact) mass is 1010 g/mol. The van der Waals surface area contributed by atoms with E-state index in [9.17, 15) is 53.1 Å². The van der Waals surface area contributed by atoms with Gasteiger partial charge in [-0.05, 0) is 46.5 Å². The minimum absolute atomic E-state index is 0.00437. The number of phosphoric acid groups is 2. The average molecular weight is 1020 g/mol. The molecule has 0 spiro atoms. The first kappa shape index (κ1) is 50.5. The largest absolute Gasteiger partial charge is 0.475 e. The molecule has 4 fully saturated rings. The van der Waals surface area contributed by atoms with Gasteiger partial charge >= 0.3 is 27.0 Å². The zero-order chi connectivity index (χ0) is 49.0. The van der Waals surface area contributed by atoms with Gasteiger partial charge in [-0.25, -0.2) is 23.1 Å². The van der Waals surface area contributed by atoms with Crippen molar-refractivity contribution in [1.29, 1.82) is 0 Å². The normalized spacial score (nSPS) is 33.4. The van der Waals surface area contributed by atoms with E-state index >= 15 is 0 Å². The molecule has 4 aromatic rings. The van der Waals surface area contributed by atoms with Gasteiger partial charge in [0, 0.05) is 52.2 Å². The molecule has 2 aromatic carbocycles. The topological polar surface area (TPSA) is 396 Å². The summed E-state index contributed by atoms with van der Waals surface area (Å²) in [5.74, 6) is -0.523. The quantitative estimate of drug-likeness (QED) is 0.0514. The number of aliphatic hydroxyl groups excluding tert-OH is 4. The Morgan fingerprint density at radius 2 is 1.18 bits per heavy atom. The number of halogens is 2. The SMILES string of the molecule is [N-]=[N+]=N[C@]1(COP2(=O)OCCC(c3cccc(F)c3)O2)O[C@@H](n2ccc(=O)[nH]c2=O)[C@H](O)[C@@H]1O.[N-]=[N+]=N[C@]1(COP2(=O)OCC[C@@H](c3cccc(Cl)c3)O2)O[C@@H](n2ccc(=O)[nH]c2=O)[C@H](O)[C@@H]1O. The number of aliphatic hydroxyl groups is 4. The van der Waals surface area contributed by atoms with E-state index in [1.807, 2.05) is 9.97 Å². The number of nitrogens with zero attached hydrogens (tertiary/aromatic N) is 8. The fourth-order valence-corrected chi connectivity index (χ4v) is 10.2. The molecular formula is C36H38ClFN10O18P2. The lowest BCUT2D eigenvalue weighted by atomic mass is 10.1. The molecule has 0 amide bonds. The highest BCUT2D eigenvalue weighted by Gasteiger charge is 2.58. The minimum atomic E-state index is -4.32. The van der Waals surface area contributed by atoms with Gasteiger partial charge in [-0.1, -0.05) is 46.1 Å². The van der Waals surface area contributed by atoms with Crippen LogP contribution in [0.4, 0.5) is 4.39 Å². The summed E-state index contributed by atoms with van der Waals surface area (Å²) < 4.78 is 84.1. The number of hydrogen-bond donors (Lipinski definition) is 6. The summed E-state index contributed by atoms with van der Waals surface area (Å²) in [6.45, 7) is -1.83. The molecule has 3 unspecified atom stereocenters. The van der Waals surface area contributed by atoms with Gasteiger partial charge in [0.2, 0.25) is 11.4 Å². The zero-order valence-corrected chi connectivity index (χ0v) is 37.1. The molecule has 6 N–H and O–H groups in total. The van der Waals surface area contributed by atoms with Gasteiger partial charge in [-0.15, -0.1) is 0 Å². The Morgan fingerprint density at radius 3 is 1.59 bits per heavy atom. The standard InChI is InChI=1S/C18H19ClN5O9P.C18H19FN5O9P/c2*19-11-3-1-2-10(8-11)12-5-7-30-34(29,33-12)31-9-18(22-23-20)15(27)14(26)16(32-18)24-6-4-13(25)21-17(24)28/h2*1-4,6,8,12,14-16,26-27H,5,7,9H2,(H,21,25,28)/t12-,14+,15-,16+,18+,34?;12?,14-,15+,16-,18-,34?/m01/s1. The lowest BCUT2D eigenvalue weighted by Crippen LogP contribution is -2.45. The molecule has 2 aromatic heterocycles. The summed E-state index contributed by atoms with van der Waals surface area (Å²) in [6, 6.07) is 14.1. The van der Waals surface area contributed by atoms with Crippen molar-refractivity contribution < 1.29 is 70.6 Å². The second-order valence-electron chi connectivity index (χ2n) is 15.0. The molecule has 0 radical (unpaired) electrons. The summed E-state index contributed by atoms with van der Waals surface area (Å²) in [6.07, 6.45) is -9.50. The Kier molecular flexibility index (Phi) is 15.4. The van der Waals surface area contributed by atoms with Crippen LogP contribution in [-0.2, 0) is 45.7 Å². The van der Waals surface area contributed by atoms with Crippen LogP contribution >= 0.6 is 27.2 Å². The minimum Gasteiger partial charge on any atom is -0.387 e. The molecule has 68 heavy (non-hydrogen) atoms.